The first-order chi connectivity index (χ1) is 7.75. The van der Waals surface area contributed by atoms with Crippen LogP contribution in [0.15, 0.2) is 24.0 Å². The zero-order valence-electron chi connectivity index (χ0n) is 8.34. The monoisotopic (exact) mass is 238 g/mol. The number of nitrogens with zero attached hydrogens (tertiary/aromatic N) is 2. The van der Waals surface area contributed by atoms with E-state index in [0.29, 0.717) is 13.1 Å². The molecule has 0 fully saturated rings. The zero-order valence-corrected chi connectivity index (χ0v) is 9.16. The van der Waals surface area contributed by atoms with Crippen molar-refractivity contribution in [1.82, 2.24) is 15.3 Å². The predicted octanol–water partition coefficient (Wildman–Crippen LogP) is 1.67. The Balaban J connectivity index is 1.83. The van der Waals surface area contributed by atoms with E-state index in [9.17, 15) is 10.1 Å². The molecule has 2 rings (SSSR count). The summed E-state index contributed by atoms with van der Waals surface area (Å²) in [5, 5.41) is 15.6. The Kier molecular flexibility index (Phi) is 3.28. The Morgan fingerprint density at radius 2 is 2.44 bits per heavy atom. The number of thiophene rings is 1. The van der Waals surface area contributed by atoms with Gasteiger partial charge < -0.3 is 10.3 Å². The number of imidazole rings is 1. The second-order valence-electron chi connectivity index (χ2n) is 3.23. The van der Waals surface area contributed by atoms with Crippen molar-refractivity contribution in [2.75, 3.05) is 0 Å². The molecule has 0 aliphatic rings. The maximum atomic E-state index is 10.5. The molecule has 0 saturated carbocycles. The van der Waals surface area contributed by atoms with Gasteiger partial charge in [-0.15, -0.1) is 0 Å². The van der Waals surface area contributed by atoms with Crippen molar-refractivity contribution < 1.29 is 4.92 Å². The minimum Gasteiger partial charge on any atom is -0.347 e. The average molecular weight is 238 g/mol. The van der Waals surface area contributed by atoms with Crippen LogP contribution in [0.2, 0.25) is 0 Å². The first-order valence-corrected chi connectivity index (χ1v) is 5.53. The molecular formula is C9H10N4O2S. The molecule has 7 heteroatoms. The number of nitro groups is 1. The van der Waals surface area contributed by atoms with Gasteiger partial charge in [0.15, 0.2) is 0 Å². The van der Waals surface area contributed by atoms with Gasteiger partial charge in [0.05, 0.1) is 11.3 Å². The maximum Gasteiger partial charge on any atom is 0.324 e. The summed E-state index contributed by atoms with van der Waals surface area (Å²) < 4.78 is 0. The lowest BCUT2D eigenvalue weighted by Crippen LogP contribution is -2.12. The van der Waals surface area contributed by atoms with Crippen LogP contribution in [-0.4, -0.2) is 14.9 Å². The van der Waals surface area contributed by atoms with Gasteiger partial charge in [-0.3, -0.25) is 10.1 Å². The number of aromatic nitrogens is 2. The van der Waals surface area contributed by atoms with E-state index >= 15 is 0 Å². The van der Waals surface area contributed by atoms with E-state index in [1.807, 2.05) is 0 Å². The van der Waals surface area contributed by atoms with Gasteiger partial charge in [-0.2, -0.15) is 0 Å². The minimum atomic E-state index is -0.372. The van der Waals surface area contributed by atoms with E-state index in [1.54, 1.807) is 24.0 Å². The molecule has 2 N–H and O–H groups in total. The third kappa shape index (κ3) is 2.65. The second kappa shape index (κ2) is 4.86. The van der Waals surface area contributed by atoms with Gasteiger partial charge in [-0.1, -0.05) is 11.3 Å². The van der Waals surface area contributed by atoms with Crippen molar-refractivity contribution in [1.29, 1.82) is 0 Å². The lowest BCUT2D eigenvalue weighted by Gasteiger charge is -1.99. The number of hydrogen-bond donors (Lipinski definition) is 2. The quantitative estimate of drug-likeness (QED) is 0.613. The average Bonchev–Trinajstić information content (AvgIpc) is 2.87. The normalized spacial score (nSPS) is 10.5. The highest BCUT2D eigenvalue weighted by Gasteiger charge is 2.08. The van der Waals surface area contributed by atoms with Gasteiger partial charge in [-0.05, 0) is 5.56 Å². The van der Waals surface area contributed by atoms with Crippen molar-refractivity contribution >= 4 is 16.3 Å². The van der Waals surface area contributed by atoms with E-state index in [1.165, 1.54) is 0 Å². The van der Waals surface area contributed by atoms with Crippen LogP contribution < -0.4 is 5.32 Å². The molecule has 2 heterocycles. The number of rotatable bonds is 5. The fraction of sp³-hybridized carbons (Fsp3) is 0.222. The third-order valence-electron chi connectivity index (χ3n) is 2.02. The molecule has 0 saturated heterocycles. The van der Waals surface area contributed by atoms with Gasteiger partial charge >= 0.3 is 5.00 Å². The highest BCUT2D eigenvalue weighted by molar-refractivity contribution is 7.13. The second-order valence-corrected chi connectivity index (χ2v) is 4.12. The predicted molar refractivity (Wildman–Crippen MR) is 60.1 cm³/mol. The van der Waals surface area contributed by atoms with Crippen molar-refractivity contribution in [2.45, 2.75) is 13.1 Å². The molecule has 0 radical (unpaired) electrons. The number of hydrogen-bond acceptors (Lipinski definition) is 5. The summed E-state index contributed by atoms with van der Waals surface area (Å²) in [4.78, 5) is 16.9. The largest absolute Gasteiger partial charge is 0.347 e. The Morgan fingerprint density at radius 1 is 1.56 bits per heavy atom. The summed E-state index contributed by atoms with van der Waals surface area (Å²) in [5.74, 6) is 0. The SMILES string of the molecule is O=[N+]([O-])c1cc(CNCc2cnc[nH]2)cs1. The van der Waals surface area contributed by atoms with Gasteiger partial charge in [0.1, 0.15) is 0 Å². The Labute approximate surface area is 95.5 Å². The topological polar surface area (TPSA) is 83.8 Å². The van der Waals surface area contributed by atoms with Crippen LogP contribution in [0.5, 0.6) is 0 Å². The standard InChI is InChI=1S/C9H10N4O2S/c14-13(15)9-1-7(5-16-9)2-10-3-8-4-11-6-12-8/h1,4-6,10H,2-3H2,(H,11,12). The molecule has 0 aliphatic carbocycles. The van der Waals surface area contributed by atoms with Gasteiger partial charge in [0, 0.05) is 36.4 Å². The van der Waals surface area contributed by atoms with E-state index in [4.69, 9.17) is 0 Å². The molecule has 0 spiro atoms. The minimum absolute atomic E-state index is 0.179. The fourth-order valence-corrected chi connectivity index (χ4v) is 2.00. The zero-order chi connectivity index (χ0) is 11.4. The first kappa shape index (κ1) is 10.8. The van der Waals surface area contributed by atoms with E-state index in [2.05, 4.69) is 15.3 Å². The summed E-state index contributed by atoms with van der Waals surface area (Å²) in [6.07, 6.45) is 3.36. The molecule has 0 aliphatic heterocycles. The van der Waals surface area contributed by atoms with Gasteiger partial charge in [0.25, 0.3) is 0 Å². The molecule has 0 atom stereocenters. The van der Waals surface area contributed by atoms with Crippen LogP contribution in [0.1, 0.15) is 11.3 Å². The van der Waals surface area contributed by atoms with Crippen LogP contribution in [0, 0.1) is 10.1 Å². The van der Waals surface area contributed by atoms with Crippen molar-refractivity contribution in [3.63, 3.8) is 0 Å². The first-order valence-electron chi connectivity index (χ1n) is 4.65. The number of H-pyrrole nitrogens is 1. The highest BCUT2D eigenvalue weighted by atomic mass is 32.1. The molecule has 0 amide bonds. The fourth-order valence-electron chi connectivity index (χ4n) is 1.27. The lowest BCUT2D eigenvalue weighted by molar-refractivity contribution is -0.380. The molecular weight excluding hydrogens is 228 g/mol. The van der Waals surface area contributed by atoms with Crippen LogP contribution in [-0.2, 0) is 13.1 Å². The Hall–Kier alpha value is -1.73. The molecule has 84 valence electrons. The number of nitrogens with one attached hydrogen (secondary N) is 2. The van der Waals surface area contributed by atoms with Crippen LogP contribution in [0.4, 0.5) is 5.00 Å². The maximum absolute atomic E-state index is 10.5. The van der Waals surface area contributed by atoms with Gasteiger partial charge in [-0.25, -0.2) is 4.98 Å². The molecule has 2 aromatic rings. The smallest absolute Gasteiger partial charge is 0.324 e. The summed E-state index contributed by atoms with van der Waals surface area (Å²) in [7, 11) is 0. The Morgan fingerprint density at radius 3 is 3.06 bits per heavy atom. The van der Waals surface area contributed by atoms with Crippen LogP contribution >= 0.6 is 11.3 Å². The van der Waals surface area contributed by atoms with Crippen LogP contribution in [0.25, 0.3) is 0 Å². The molecule has 0 unspecified atom stereocenters. The van der Waals surface area contributed by atoms with Gasteiger partial charge in [0.2, 0.25) is 0 Å². The number of aromatic amines is 1. The van der Waals surface area contributed by atoms with Crippen molar-refractivity contribution in [2.24, 2.45) is 0 Å². The lowest BCUT2D eigenvalue weighted by atomic mass is 10.3. The molecule has 0 bridgehead atoms. The van der Waals surface area contributed by atoms with E-state index in [0.717, 1.165) is 22.6 Å². The van der Waals surface area contributed by atoms with Crippen molar-refractivity contribution in [3.8, 4) is 0 Å². The molecule has 16 heavy (non-hydrogen) atoms. The summed E-state index contributed by atoms with van der Waals surface area (Å²) in [5.41, 5.74) is 1.92. The molecule has 6 nitrogen and oxygen atoms in total. The molecule has 0 aromatic carbocycles. The molecule has 2 aromatic heterocycles. The summed E-state index contributed by atoms with van der Waals surface area (Å²) >= 11 is 1.15. The van der Waals surface area contributed by atoms with Crippen molar-refractivity contribution in [3.05, 3.63) is 45.3 Å². The van der Waals surface area contributed by atoms with E-state index in [-0.39, 0.29) is 9.92 Å². The highest BCUT2D eigenvalue weighted by Crippen LogP contribution is 2.22. The summed E-state index contributed by atoms with van der Waals surface area (Å²) in [6, 6.07) is 1.59. The van der Waals surface area contributed by atoms with Crippen LogP contribution in [0.3, 0.4) is 0 Å². The third-order valence-corrected chi connectivity index (χ3v) is 2.95. The summed E-state index contributed by atoms with van der Waals surface area (Å²) in [6.45, 7) is 1.28. The van der Waals surface area contributed by atoms with E-state index < -0.39 is 0 Å². The Bertz CT molecular complexity index is 466.